The fraction of sp³-hybridized carbons (Fsp3) is 0.167. The third kappa shape index (κ3) is 4.84. The van der Waals surface area contributed by atoms with Gasteiger partial charge < -0.3 is 16.2 Å². The number of fused-ring (bicyclic) bond motifs is 1. The minimum absolute atomic E-state index is 0.000535. The van der Waals surface area contributed by atoms with Crippen molar-refractivity contribution < 1.29 is 35.8 Å². The Morgan fingerprint density at radius 1 is 1.12 bits per heavy atom. The van der Waals surface area contributed by atoms with Crippen LogP contribution in [0.5, 0.6) is 5.75 Å². The van der Waals surface area contributed by atoms with E-state index in [-0.39, 0.29) is 28.9 Å². The second kappa shape index (κ2) is 8.07. The van der Waals surface area contributed by atoms with Crippen LogP contribution < -0.4 is 11.1 Å². The first-order valence-electron chi connectivity index (χ1n) is 8.83. The van der Waals surface area contributed by atoms with Crippen molar-refractivity contribution in [2.45, 2.75) is 28.8 Å². The fourth-order valence-electron chi connectivity index (χ4n) is 3.16. The molecule has 32 heavy (non-hydrogen) atoms. The Bertz CT molecular complexity index is 1380. The topological polar surface area (TPSA) is 209 Å². The third-order valence-electron chi connectivity index (χ3n) is 4.47. The van der Waals surface area contributed by atoms with Gasteiger partial charge in [0.15, 0.2) is 5.66 Å². The lowest BCUT2D eigenvalue weighted by atomic mass is 9.87. The van der Waals surface area contributed by atoms with Crippen LogP contribution in [0.3, 0.4) is 0 Å². The number of carbonyl (C=O) groups is 1. The molecule has 14 heteroatoms. The highest BCUT2D eigenvalue weighted by molar-refractivity contribution is 7.86. The van der Waals surface area contributed by atoms with Crippen LogP contribution in [0.1, 0.15) is 24.5 Å². The van der Waals surface area contributed by atoms with Gasteiger partial charge in [-0.05, 0) is 29.8 Å². The zero-order chi connectivity index (χ0) is 23.9. The lowest BCUT2D eigenvalue weighted by Crippen LogP contribution is -2.36. The summed E-state index contributed by atoms with van der Waals surface area (Å²) in [6.45, 7) is 1.22. The molecule has 0 saturated heterocycles. The number of rotatable bonds is 5. The second-order valence-electron chi connectivity index (χ2n) is 6.95. The number of nitrogens with one attached hydrogen (secondary N) is 1. The van der Waals surface area contributed by atoms with Crippen molar-refractivity contribution >= 4 is 43.6 Å². The molecule has 6 N–H and O–H groups in total. The van der Waals surface area contributed by atoms with Crippen LogP contribution in [-0.4, -0.2) is 37.0 Å². The quantitative estimate of drug-likeness (QED) is 0.312. The van der Waals surface area contributed by atoms with Crippen LogP contribution in [0.15, 0.2) is 56.4 Å². The van der Waals surface area contributed by atoms with E-state index >= 15 is 0 Å². The highest BCUT2D eigenvalue weighted by Crippen LogP contribution is 2.41. The van der Waals surface area contributed by atoms with E-state index in [1.807, 2.05) is 0 Å². The average molecular weight is 482 g/mol. The number of azo groups is 1. The molecule has 0 fully saturated rings. The van der Waals surface area contributed by atoms with Crippen LogP contribution in [-0.2, 0) is 30.7 Å². The summed E-state index contributed by atoms with van der Waals surface area (Å²) < 4.78 is 65.2. The zero-order valence-corrected chi connectivity index (χ0v) is 18.1. The number of anilines is 1. The Kier molecular flexibility index (Phi) is 5.92. The van der Waals surface area contributed by atoms with E-state index < -0.39 is 47.3 Å². The molecule has 12 nitrogen and oxygen atoms in total. The maximum absolute atomic E-state index is 11.8. The molecule has 0 heterocycles. The summed E-state index contributed by atoms with van der Waals surface area (Å²) >= 11 is 0. The molecule has 0 aromatic heterocycles. The fourth-order valence-corrected chi connectivity index (χ4v) is 4.35. The molecule has 0 spiro atoms. The molecular formula is C18H18N4O8S2. The van der Waals surface area contributed by atoms with E-state index in [4.69, 9.17) is 5.73 Å². The van der Waals surface area contributed by atoms with Gasteiger partial charge in [-0.2, -0.15) is 27.1 Å². The number of aromatic hydroxyl groups is 1. The van der Waals surface area contributed by atoms with Gasteiger partial charge in [0.05, 0.1) is 4.90 Å². The monoisotopic (exact) mass is 482 g/mol. The average Bonchev–Trinajstić information content (AvgIpc) is 2.65. The number of phenolic OH excluding ortho intramolecular Hbond substituents is 1. The first-order chi connectivity index (χ1) is 14.7. The van der Waals surface area contributed by atoms with Crippen molar-refractivity contribution in [3.8, 4) is 5.75 Å². The van der Waals surface area contributed by atoms with E-state index in [0.29, 0.717) is 0 Å². The smallest absolute Gasteiger partial charge is 0.296 e. The highest BCUT2D eigenvalue weighted by atomic mass is 32.2. The van der Waals surface area contributed by atoms with E-state index in [2.05, 4.69) is 15.5 Å². The third-order valence-corrected chi connectivity index (χ3v) is 6.19. The van der Waals surface area contributed by atoms with Crippen molar-refractivity contribution in [1.29, 1.82) is 0 Å². The van der Waals surface area contributed by atoms with Crippen molar-refractivity contribution in [3.63, 3.8) is 0 Å². The van der Waals surface area contributed by atoms with Crippen molar-refractivity contribution in [3.05, 3.63) is 47.5 Å². The van der Waals surface area contributed by atoms with E-state index in [9.17, 15) is 35.8 Å². The predicted molar refractivity (Wildman–Crippen MR) is 113 cm³/mol. The Morgan fingerprint density at radius 2 is 1.81 bits per heavy atom. The van der Waals surface area contributed by atoms with Crippen LogP contribution in [0.4, 0.5) is 11.4 Å². The van der Waals surface area contributed by atoms with Gasteiger partial charge in [0.2, 0.25) is 5.91 Å². The number of hydrogen-bond acceptors (Lipinski definition) is 9. The number of amides is 1. The summed E-state index contributed by atoms with van der Waals surface area (Å²) in [7, 11) is -9.36. The molecule has 0 bridgehead atoms. The first kappa shape index (κ1) is 23.5. The lowest BCUT2D eigenvalue weighted by Gasteiger charge is -2.29. The molecule has 0 aliphatic heterocycles. The molecule has 2 aromatic carbocycles. The van der Waals surface area contributed by atoms with Crippen molar-refractivity contribution in [2.24, 2.45) is 16.0 Å². The minimum atomic E-state index is -4.76. The van der Waals surface area contributed by atoms with Crippen LogP contribution >= 0.6 is 0 Å². The molecule has 0 saturated carbocycles. The Labute approximate surface area is 183 Å². The number of nitrogens with two attached hydrogens (primary N) is 1. The van der Waals surface area contributed by atoms with Crippen LogP contribution in [0.25, 0.3) is 6.08 Å². The maximum atomic E-state index is 11.8. The Morgan fingerprint density at radius 3 is 2.41 bits per heavy atom. The second-order valence-corrected chi connectivity index (χ2v) is 9.76. The molecular weight excluding hydrogens is 464 g/mol. The molecule has 3 rings (SSSR count). The van der Waals surface area contributed by atoms with Gasteiger partial charge in [0.25, 0.3) is 20.2 Å². The Hall–Kier alpha value is -3.17. The van der Waals surface area contributed by atoms with Gasteiger partial charge in [0.1, 0.15) is 16.3 Å². The van der Waals surface area contributed by atoms with Gasteiger partial charge in [-0.1, -0.05) is 12.2 Å². The number of phenols is 1. The molecule has 1 unspecified atom stereocenters. The van der Waals surface area contributed by atoms with Gasteiger partial charge >= 0.3 is 0 Å². The molecule has 1 aliphatic rings. The predicted octanol–water partition coefficient (Wildman–Crippen LogP) is 2.16. The zero-order valence-electron chi connectivity index (χ0n) is 16.4. The minimum Gasteiger partial charge on any atom is -0.507 e. The summed E-state index contributed by atoms with van der Waals surface area (Å²) in [5.74, 6) is -1.04. The highest BCUT2D eigenvalue weighted by Gasteiger charge is 2.35. The van der Waals surface area contributed by atoms with Gasteiger partial charge in [-0.3, -0.25) is 13.9 Å². The van der Waals surface area contributed by atoms with Crippen LogP contribution in [0.2, 0.25) is 0 Å². The molecule has 1 amide bonds. The maximum Gasteiger partial charge on any atom is 0.296 e. The number of carbonyl (C=O) groups excluding carboxylic acids is 1. The van der Waals surface area contributed by atoms with Crippen LogP contribution in [0, 0.1) is 0 Å². The van der Waals surface area contributed by atoms with Gasteiger partial charge in [-0.25, -0.2) is 0 Å². The summed E-state index contributed by atoms with van der Waals surface area (Å²) in [4.78, 5) is 10.0. The summed E-state index contributed by atoms with van der Waals surface area (Å²) in [5, 5.41) is 20.5. The molecule has 2 aromatic rings. The lowest BCUT2D eigenvalue weighted by molar-refractivity contribution is -0.114. The summed E-state index contributed by atoms with van der Waals surface area (Å²) in [6.07, 6.45) is 3.00. The van der Waals surface area contributed by atoms with Crippen molar-refractivity contribution in [1.82, 2.24) is 0 Å². The van der Waals surface area contributed by atoms with Gasteiger partial charge in [-0.15, -0.1) is 0 Å². The molecule has 170 valence electrons. The van der Waals surface area contributed by atoms with E-state index in [1.54, 1.807) is 0 Å². The number of benzene rings is 2. The largest absolute Gasteiger partial charge is 0.507 e. The summed E-state index contributed by atoms with van der Waals surface area (Å²) in [5.41, 5.74) is 4.51. The summed E-state index contributed by atoms with van der Waals surface area (Å²) in [6, 6.07) is 5.39. The van der Waals surface area contributed by atoms with Crippen molar-refractivity contribution in [2.75, 3.05) is 5.32 Å². The Balaban J connectivity index is 2.10. The standard InChI is InChI=1S/C18H18N4O8S2/c1-10(23)20-12-4-5-14(16(8-12)32(28,29)30)21-22-18(19)6-2-3-11-7-13(31(25,26)27)9-15(24)17(11)18/h2-5,7-9,24H,6,19H2,1H3,(H,20,23)(H,25,26,27)(H,28,29,30). The van der Waals surface area contributed by atoms with E-state index in [0.717, 1.165) is 18.2 Å². The first-order valence-corrected chi connectivity index (χ1v) is 11.7. The number of nitrogens with zero attached hydrogens (tertiary/aromatic N) is 2. The SMILES string of the molecule is CC(=O)Nc1ccc(N=NC2(N)CC=Cc3cc(S(=O)(=O)O)cc(O)c32)c(S(=O)(=O)O)c1. The van der Waals surface area contributed by atoms with Gasteiger partial charge in [0, 0.05) is 30.7 Å². The van der Waals surface area contributed by atoms with E-state index in [1.165, 1.54) is 31.2 Å². The normalized spacial score (nSPS) is 18.5. The molecule has 1 atom stereocenters. The molecule has 1 aliphatic carbocycles. The molecule has 0 radical (unpaired) electrons. The number of hydrogen-bond donors (Lipinski definition) is 5.